The lowest BCUT2D eigenvalue weighted by molar-refractivity contribution is -0.870. The number of likely N-dealkylation sites (N-methyl/N-ethyl adjacent to an activating group) is 1. The predicted molar refractivity (Wildman–Crippen MR) is 338 cm³/mol. The summed E-state index contributed by atoms with van der Waals surface area (Å²) in [5, 5.41) is 11.8. The maximum atomic E-state index is 12.9. The van der Waals surface area contributed by atoms with Gasteiger partial charge >= 0.3 is 11.9 Å². The van der Waals surface area contributed by atoms with E-state index in [1.807, 2.05) is 21.1 Å². The van der Waals surface area contributed by atoms with Crippen LogP contribution < -0.4 is 5.11 Å². The maximum absolute atomic E-state index is 12.9. The molecule has 0 heterocycles. The first-order valence-corrected chi connectivity index (χ1v) is 33.6. The summed E-state index contributed by atoms with van der Waals surface area (Å²) in [6.07, 6.45) is 78.5. The van der Waals surface area contributed by atoms with Crippen molar-refractivity contribution < 1.29 is 42.9 Å². The normalized spacial score (nSPS) is 13.2. The molecule has 0 spiro atoms. The molecule has 9 heteroatoms. The van der Waals surface area contributed by atoms with Crippen LogP contribution in [0.5, 0.6) is 0 Å². The lowest BCUT2D eigenvalue weighted by atomic mass is 10.0. The predicted octanol–water partition coefficient (Wildman–Crippen LogP) is 19.2. The van der Waals surface area contributed by atoms with Crippen LogP contribution in [0.3, 0.4) is 0 Å². The fourth-order valence-corrected chi connectivity index (χ4v) is 9.56. The first-order chi connectivity index (χ1) is 39.1. The number of rotatable bonds is 62. The van der Waals surface area contributed by atoms with Crippen molar-refractivity contribution in [2.24, 2.45) is 0 Å². The first kappa shape index (κ1) is 76.7. The zero-order valence-electron chi connectivity index (χ0n) is 52.9. The second-order valence-electron chi connectivity index (χ2n) is 23.7. The molecule has 0 aliphatic carbocycles. The molecule has 0 rings (SSSR count). The average Bonchev–Trinajstić information content (AvgIpc) is 3.43. The van der Waals surface area contributed by atoms with Crippen molar-refractivity contribution in [3.05, 3.63) is 72.9 Å². The number of hydrogen-bond donors (Lipinski definition) is 0. The van der Waals surface area contributed by atoms with Gasteiger partial charge in [0, 0.05) is 12.8 Å². The summed E-state index contributed by atoms with van der Waals surface area (Å²) in [5.41, 5.74) is 0. The van der Waals surface area contributed by atoms with Crippen LogP contribution in [-0.2, 0) is 33.3 Å². The van der Waals surface area contributed by atoms with Gasteiger partial charge in [0.05, 0.1) is 40.3 Å². The van der Waals surface area contributed by atoms with Crippen molar-refractivity contribution in [2.75, 3.05) is 47.5 Å². The molecule has 0 saturated heterocycles. The molecule has 0 fully saturated rings. The number of carboxylic acids is 1. The van der Waals surface area contributed by atoms with Crippen LogP contribution in [0.1, 0.15) is 303 Å². The van der Waals surface area contributed by atoms with Crippen molar-refractivity contribution >= 4 is 17.9 Å². The summed E-state index contributed by atoms with van der Waals surface area (Å²) in [7, 11) is 5.93. The van der Waals surface area contributed by atoms with Gasteiger partial charge < -0.3 is 33.3 Å². The molecule has 0 radical (unpaired) electrons. The lowest BCUT2D eigenvalue weighted by Gasteiger charge is -2.26. The highest BCUT2D eigenvalue weighted by Gasteiger charge is 2.22. The fraction of sp³-hybridized carbons (Fsp3) is 0.789. The Morgan fingerprint density at radius 1 is 0.388 bits per heavy atom. The minimum Gasteiger partial charge on any atom is -0.545 e. The van der Waals surface area contributed by atoms with Crippen molar-refractivity contribution in [3.63, 3.8) is 0 Å². The number of carbonyl (C=O) groups excluding carboxylic acids is 3. The topological polar surface area (TPSA) is 111 Å². The van der Waals surface area contributed by atoms with Crippen molar-refractivity contribution in [1.82, 2.24) is 0 Å². The van der Waals surface area contributed by atoms with Gasteiger partial charge in [-0.05, 0) is 83.5 Å². The van der Waals surface area contributed by atoms with Crippen molar-refractivity contribution in [1.29, 1.82) is 0 Å². The van der Waals surface area contributed by atoms with Gasteiger partial charge in [-0.3, -0.25) is 9.59 Å². The van der Waals surface area contributed by atoms with Crippen LogP contribution in [0, 0.1) is 0 Å². The molecule has 0 aliphatic heterocycles. The Morgan fingerprint density at radius 3 is 1.06 bits per heavy atom. The van der Waals surface area contributed by atoms with Gasteiger partial charge in [-0.2, -0.15) is 0 Å². The number of ether oxygens (including phenoxy) is 4. The molecule has 2 unspecified atom stereocenters. The highest BCUT2D eigenvalue weighted by Crippen LogP contribution is 2.18. The van der Waals surface area contributed by atoms with E-state index >= 15 is 0 Å². The molecule has 0 aromatic heterocycles. The van der Waals surface area contributed by atoms with Gasteiger partial charge in [0.2, 0.25) is 0 Å². The molecule has 9 nitrogen and oxygen atoms in total. The molecule has 0 saturated carbocycles. The third-order valence-electron chi connectivity index (χ3n) is 14.7. The van der Waals surface area contributed by atoms with Gasteiger partial charge in [0.1, 0.15) is 13.2 Å². The van der Waals surface area contributed by atoms with E-state index in [0.29, 0.717) is 17.4 Å². The van der Waals surface area contributed by atoms with Gasteiger partial charge in [-0.15, -0.1) is 0 Å². The number of nitrogens with zero attached hydrogens (tertiary/aromatic N) is 1. The van der Waals surface area contributed by atoms with E-state index in [-0.39, 0.29) is 38.6 Å². The molecular formula is C71H127NO8. The summed E-state index contributed by atoms with van der Waals surface area (Å²) < 4.78 is 22.7. The van der Waals surface area contributed by atoms with Crippen LogP contribution in [-0.4, -0.2) is 82.3 Å². The summed E-state index contributed by atoms with van der Waals surface area (Å²) in [4.78, 5) is 37.3. The Labute approximate surface area is 494 Å². The quantitative estimate of drug-likeness (QED) is 0.0195. The standard InChI is InChI=1S/C71H127NO8/c1-6-8-10-12-14-16-18-20-22-24-25-26-27-28-29-30-31-32-33-34-35-36-37-38-39-40-41-42-43-44-45-46-48-50-52-54-56-58-60-62-69(74)80-67(66-79-71(70(75)76)77-64-63-72(3,4)5)65-78-68(73)61-59-57-55-53-51-49-47-23-21-19-17-15-13-11-9-7-2/h8,10,14,16-17,19-20,22-23,25-26,47,67,71H,6-7,9,11-13,15,18,21,24,27-46,48-66H2,1-5H3/b10-8-,16-14-,19-17-,22-20-,26-25-,47-23-. The van der Waals surface area contributed by atoms with Crippen LogP contribution in [0.4, 0.5) is 0 Å². The number of esters is 2. The van der Waals surface area contributed by atoms with Crippen molar-refractivity contribution in [3.8, 4) is 0 Å². The zero-order valence-corrected chi connectivity index (χ0v) is 52.9. The Morgan fingerprint density at radius 2 is 0.713 bits per heavy atom. The summed E-state index contributed by atoms with van der Waals surface area (Å²) in [6, 6.07) is 0. The summed E-state index contributed by atoms with van der Waals surface area (Å²) in [6.45, 7) is 4.63. The van der Waals surface area contributed by atoms with E-state index in [1.165, 1.54) is 186 Å². The van der Waals surface area contributed by atoms with E-state index in [4.69, 9.17) is 18.9 Å². The van der Waals surface area contributed by atoms with Crippen LogP contribution in [0.2, 0.25) is 0 Å². The number of carbonyl (C=O) groups is 3. The third-order valence-corrected chi connectivity index (χ3v) is 14.7. The van der Waals surface area contributed by atoms with E-state index in [1.54, 1.807) is 0 Å². The molecule has 0 aliphatic rings. The molecular weight excluding hydrogens is 995 g/mol. The van der Waals surface area contributed by atoms with Gasteiger partial charge in [-0.25, -0.2) is 0 Å². The number of quaternary nitrogens is 1. The lowest BCUT2D eigenvalue weighted by Crippen LogP contribution is -2.44. The van der Waals surface area contributed by atoms with E-state index < -0.39 is 24.3 Å². The fourth-order valence-electron chi connectivity index (χ4n) is 9.56. The molecule has 2 atom stereocenters. The third kappa shape index (κ3) is 62.3. The van der Waals surface area contributed by atoms with Gasteiger partial charge in [0.25, 0.3) is 0 Å². The smallest absolute Gasteiger partial charge is 0.306 e. The largest absolute Gasteiger partial charge is 0.545 e. The molecule has 0 aromatic rings. The molecule has 0 N–H and O–H groups in total. The highest BCUT2D eigenvalue weighted by atomic mass is 16.7. The van der Waals surface area contributed by atoms with E-state index in [0.717, 1.165) is 83.5 Å². The summed E-state index contributed by atoms with van der Waals surface area (Å²) in [5.74, 6) is -2.29. The minimum atomic E-state index is -1.62. The first-order valence-electron chi connectivity index (χ1n) is 33.6. The molecule has 0 bridgehead atoms. The maximum Gasteiger partial charge on any atom is 0.306 e. The van der Waals surface area contributed by atoms with E-state index in [9.17, 15) is 19.5 Å². The SMILES string of the molecule is CC/C=C\C/C=C\C/C=C\C/C=C\CCCCCCCCCCCCCCCCCCCCCCCCCCCCC(=O)OC(COC(=O)CCCCCCC/C=C\C/C=C\CCCCCC)COC(OCC[N+](C)(C)C)C(=O)[O-]. The zero-order chi connectivity index (χ0) is 58.3. The van der Waals surface area contributed by atoms with Gasteiger partial charge in [0.15, 0.2) is 12.4 Å². The number of aliphatic carboxylic acids is 1. The summed E-state index contributed by atoms with van der Waals surface area (Å²) >= 11 is 0. The Balaban J connectivity index is 3.97. The second kappa shape index (κ2) is 61.8. The van der Waals surface area contributed by atoms with E-state index in [2.05, 4.69) is 86.8 Å². The Bertz CT molecular complexity index is 1540. The average molecular weight is 1120 g/mol. The number of hydrogen-bond acceptors (Lipinski definition) is 8. The minimum absolute atomic E-state index is 0.145. The van der Waals surface area contributed by atoms with Crippen LogP contribution in [0.25, 0.3) is 0 Å². The molecule has 0 aromatic carbocycles. The number of unbranched alkanes of at least 4 members (excludes halogenated alkanes) is 35. The van der Waals surface area contributed by atoms with Crippen LogP contribution in [0.15, 0.2) is 72.9 Å². The molecule has 0 amide bonds. The number of allylic oxidation sites excluding steroid dienone is 12. The Hall–Kier alpha value is -3.27. The highest BCUT2D eigenvalue weighted by molar-refractivity contribution is 5.70. The molecule has 80 heavy (non-hydrogen) atoms. The van der Waals surface area contributed by atoms with Crippen LogP contribution >= 0.6 is 0 Å². The number of carboxylic acid groups (broad SMARTS) is 1. The van der Waals surface area contributed by atoms with Gasteiger partial charge in [-0.1, -0.05) is 279 Å². The second-order valence-corrected chi connectivity index (χ2v) is 23.7. The molecule has 464 valence electrons. The monoisotopic (exact) mass is 1120 g/mol. The Kier molecular flexibility index (Phi) is 59.3. The van der Waals surface area contributed by atoms with Crippen molar-refractivity contribution in [2.45, 2.75) is 315 Å².